The van der Waals surface area contributed by atoms with E-state index in [0.29, 0.717) is 0 Å². The Labute approximate surface area is 131 Å². The third kappa shape index (κ3) is 2.37. The lowest BCUT2D eigenvalue weighted by atomic mass is 10.0. The van der Waals surface area contributed by atoms with Gasteiger partial charge in [-0.25, -0.2) is 4.98 Å². The number of rotatable bonds is 3. The average molecular weight is 288 g/mol. The van der Waals surface area contributed by atoms with Crippen LogP contribution >= 0.6 is 0 Å². The van der Waals surface area contributed by atoms with Gasteiger partial charge in [-0.3, -0.25) is 4.57 Å². The Kier molecular flexibility index (Phi) is 3.68. The van der Waals surface area contributed by atoms with Gasteiger partial charge < -0.3 is 0 Å². The molecule has 1 heterocycles. The van der Waals surface area contributed by atoms with Crippen LogP contribution in [-0.4, -0.2) is 9.55 Å². The van der Waals surface area contributed by atoms with E-state index in [0.717, 1.165) is 11.4 Å². The zero-order valence-electron chi connectivity index (χ0n) is 13.3. The highest BCUT2D eigenvalue weighted by atomic mass is 15.1. The van der Waals surface area contributed by atoms with Crippen molar-refractivity contribution in [3.05, 3.63) is 77.6 Å². The van der Waals surface area contributed by atoms with Crippen LogP contribution in [0, 0.1) is 20.8 Å². The van der Waals surface area contributed by atoms with E-state index in [-0.39, 0.29) is 0 Å². The Bertz CT molecular complexity index is 817. The van der Waals surface area contributed by atoms with Crippen LogP contribution in [0.25, 0.3) is 23.2 Å². The zero-order valence-corrected chi connectivity index (χ0v) is 13.3. The Morgan fingerprint density at radius 2 is 1.68 bits per heavy atom. The summed E-state index contributed by atoms with van der Waals surface area (Å²) < 4.78 is 2.18. The van der Waals surface area contributed by atoms with Gasteiger partial charge in [0.1, 0.15) is 5.82 Å². The first-order chi connectivity index (χ1) is 10.6. The van der Waals surface area contributed by atoms with E-state index in [1.54, 1.807) is 0 Å². The molecule has 0 saturated heterocycles. The molecule has 0 bridgehead atoms. The molecule has 0 atom stereocenters. The highest BCUT2D eigenvalue weighted by Gasteiger charge is 2.13. The fourth-order valence-electron chi connectivity index (χ4n) is 2.99. The topological polar surface area (TPSA) is 17.8 Å². The van der Waals surface area contributed by atoms with Gasteiger partial charge in [-0.15, -0.1) is 0 Å². The second-order valence-electron chi connectivity index (χ2n) is 5.64. The van der Waals surface area contributed by atoms with Gasteiger partial charge in [-0.1, -0.05) is 36.9 Å². The molecule has 110 valence electrons. The summed E-state index contributed by atoms with van der Waals surface area (Å²) in [5, 5.41) is 0. The Morgan fingerprint density at radius 1 is 1.00 bits per heavy atom. The van der Waals surface area contributed by atoms with Gasteiger partial charge in [0.2, 0.25) is 0 Å². The molecule has 0 aliphatic heterocycles. The largest absolute Gasteiger partial charge is 0.299 e. The molecule has 3 aromatic rings. The second-order valence-corrected chi connectivity index (χ2v) is 5.64. The zero-order chi connectivity index (χ0) is 15.7. The van der Waals surface area contributed by atoms with Crippen LogP contribution < -0.4 is 0 Å². The van der Waals surface area contributed by atoms with Crippen LogP contribution in [-0.2, 0) is 0 Å². The molecule has 0 spiro atoms. The molecular formula is C20H20N2. The van der Waals surface area contributed by atoms with Crippen LogP contribution in [0.4, 0.5) is 0 Å². The molecule has 3 rings (SSSR count). The van der Waals surface area contributed by atoms with Crippen molar-refractivity contribution in [1.82, 2.24) is 9.55 Å². The number of aromatic nitrogens is 2. The van der Waals surface area contributed by atoms with Crippen LogP contribution in [0.5, 0.6) is 0 Å². The van der Waals surface area contributed by atoms with Crippen LogP contribution in [0.3, 0.4) is 0 Å². The Morgan fingerprint density at radius 3 is 2.32 bits per heavy atom. The van der Waals surface area contributed by atoms with Crippen molar-refractivity contribution in [3.63, 3.8) is 0 Å². The molecule has 2 nitrogen and oxygen atoms in total. The summed E-state index contributed by atoms with van der Waals surface area (Å²) in [6.07, 6.45) is 5.78. The molecule has 0 saturated carbocycles. The fourth-order valence-corrected chi connectivity index (χ4v) is 2.99. The first kappa shape index (κ1) is 14.3. The monoisotopic (exact) mass is 288 g/mol. The van der Waals surface area contributed by atoms with Gasteiger partial charge in [-0.05, 0) is 55.2 Å². The van der Waals surface area contributed by atoms with Crippen LogP contribution in [0.15, 0.2) is 55.4 Å². The van der Waals surface area contributed by atoms with Crippen molar-refractivity contribution in [1.29, 1.82) is 0 Å². The summed E-state index contributed by atoms with van der Waals surface area (Å²) >= 11 is 0. The summed E-state index contributed by atoms with van der Waals surface area (Å²) in [5.74, 6) is 0.982. The molecule has 0 aliphatic carbocycles. The number of hydrogen-bond donors (Lipinski definition) is 0. The maximum Gasteiger partial charge on any atom is 0.144 e. The summed E-state index contributed by atoms with van der Waals surface area (Å²) in [4.78, 5) is 4.59. The van der Waals surface area contributed by atoms with E-state index < -0.39 is 0 Å². The number of imidazole rings is 1. The van der Waals surface area contributed by atoms with Crippen molar-refractivity contribution in [2.24, 2.45) is 0 Å². The van der Waals surface area contributed by atoms with Crippen molar-refractivity contribution < 1.29 is 0 Å². The third-order valence-electron chi connectivity index (χ3n) is 4.02. The van der Waals surface area contributed by atoms with Gasteiger partial charge in [0.05, 0.1) is 5.69 Å². The molecule has 22 heavy (non-hydrogen) atoms. The minimum atomic E-state index is 0.982. The average Bonchev–Trinajstić information content (AvgIpc) is 2.96. The predicted octanol–water partition coefficient (Wildman–Crippen LogP) is 5.11. The van der Waals surface area contributed by atoms with Crippen molar-refractivity contribution in [2.45, 2.75) is 20.8 Å². The lowest BCUT2D eigenvalue weighted by Crippen LogP contribution is -2.03. The van der Waals surface area contributed by atoms with Gasteiger partial charge in [0.25, 0.3) is 0 Å². The normalized spacial score (nSPS) is 10.7. The van der Waals surface area contributed by atoms with Gasteiger partial charge in [0.15, 0.2) is 0 Å². The SMILES string of the molecule is C=Cc1cc(C)c(-n2ccnc2-c2ccccc2C)c(C)c1. The number of hydrogen-bond acceptors (Lipinski definition) is 1. The van der Waals surface area contributed by atoms with E-state index in [9.17, 15) is 0 Å². The lowest BCUT2D eigenvalue weighted by Gasteiger charge is -2.16. The second kappa shape index (κ2) is 5.64. The van der Waals surface area contributed by atoms with Gasteiger partial charge in [0, 0.05) is 18.0 Å². The van der Waals surface area contributed by atoms with E-state index in [1.807, 2.05) is 18.5 Å². The number of aryl methyl sites for hydroxylation is 3. The summed E-state index contributed by atoms with van der Waals surface area (Å²) in [5.41, 5.74) is 7.19. The maximum atomic E-state index is 4.59. The summed E-state index contributed by atoms with van der Waals surface area (Å²) in [6, 6.07) is 12.7. The molecule has 0 fully saturated rings. The maximum absolute atomic E-state index is 4.59. The standard InChI is InChI=1S/C20H20N2/c1-5-17-12-15(3)19(16(4)13-17)22-11-10-21-20(22)18-9-7-6-8-14(18)2/h5-13H,1H2,2-4H3. The molecule has 1 aromatic heterocycles. The quantitative estimate of drug-likeness (QED) is 0.655. The fraction of sp³-hybridized carbons (Fsp3) is 0.150. The highest BCUT2D eigenvalue weighted by Crippen LogP contribution is 2.28. The third-order valence-corrected chi connectivity index (χ3v) is 4.02. The molecule has 0 unspecified atom stereocenters. The molecule has 0 amide bonds. The van der Waals surface area contributed by atoms with Crippen molar-refractivity contribution >= 4 is 6.08 Å². The van der Waals surface area contributed by atoms with Gasteiger partial charge >= 0.3 is 0 Å². The van der Waals surface area contributed by atoms with E-state index in [4.69, 9.17) is 0 Å². The van der Waals surface area contributed by atoms with E-state index in [2.05, 4.69) is 73.3 Å². The lowest BCUT2D eigenvalue weighted by molar-refractivity contribution is 1.03. The van der Waals surface area contributed by atoms with E-state index >= 15 is 0 Å². The minimum Gasteiger partial charge on any atom is -0.299 e. The highest BCUT2D eigenvalue weighted by molar-refractivity contribution is 5.65. The first-order valence-corrected chi connectivity index (χ1v) is 7.45. The van der Waals surface area contributed by atoms with Crippen LogP contribution in [0.2, 0.25) is 0 Å². The Hall–Kier alpha value is -2.61. The van der Waals surface area contributed by atoms with Crippen molar-refractivity contribution in [3.8, 4) is 17.1 Å². The van der Waals surface area contributed by atoms with Crippen LogP contribution in [0.1, 0.15) is 22.3 Å². The molecule has 0 aliphatic rings. The van der Waals surface area contributed by atoms with Crippen molar-refractivity contribution in [2.75, 3.05) is 0 Å². The molecule has 0 N–H and O–H groups in total. The first-order valence-electron chi connectivity index (χ1n) is 7.45. The summed E-state index contributed by atoms with van der Waals surface area (Å²) in [7, 11) is 0. The number of benzene rings is 2. The molecule has 2 heteroatoms. The predicted molar refractivity (Wildman–Crippen MR) is 93.3 cm³/mol. The minimum absolute atomic E-state index is 0.982. The Balaban J connectivity index is 2.22. The molecule has 0 radical (unpaired) electrons. The van der Waals surface area contributed by atoms with E-state index in [1.165, 1.54) is 27.9 Å². The molecular weight excluding hydrogens is 268 g/mol. The number of nitrogens with zero attached hydrogens (tertiary/aromatic N) is 2. The smallest absolute Gasteiger partial charge is 0.144 e. The molecule has 2 aromatic carbocycles. The van der Waals surface area contributed by atoms with Gasteiger partial charge in [-0.2, -0.15) is 0 Å². The summed E-state index contributed by atoms with van der Waals surface area (Å²) in [6.45, 7) is 10.3.